The molecule has 0 aliphatic carbocycles. The maximum atomic E-state index is 4.64. The second kappa shape index (κ2) is 14.1. The van der Waals surface area contributed by atoms with Crippen molar-refractivity contribution in [3.63, 3.8) is 0 Å². The molecular weight excluding hydrogens is 790 g/mol. The summed E-state index contributed by atoms with van der Waals surface area (Å²) in [5.41, 5.74) is 10.1. The Kier molecular flexibility index (Phi) is 9.94. The van der Waals surface area contributed by atoms with Crippen molar-refractivity contribution in [3.05, 3.63) is 144 Å². The van der Waals surface area contributed by atoms with Crippen molar-refractivity contribution in [3.8, 4) is 11.5 Å². The maximum Gasteiger partial charge on any atom is 3.00 e. The molecule has 0 saturated heterocycles. The van der Waals surface area contributed by atoms with Gasteiger partial charge in [-0.3, -0.25) is 4.68 Å². The number of nitrogens with zero attached hydrogens (tertiary/aromatic N) is 5. The van der Waals surface area contributed by atoms with Crippen molar-refractivity contribution < 1.29 is 24.7 Å². The third kappa shape index (κ3) is 6.23. The molecule has 0 fully saturated rings. The molecule has 0 N–H and O–H groups in total. The largest absolute Gasteiger partial charge is 3.00 e. The molecule has 0 unspecified atom stereocenters. The third-order valence-corrected chi connectivity index (χ3v) is 9.69. The summed E-state index contributed by atoms with van der Waals surface area (Å²) in [6, 6.07) is 40.6. The molecule has 50 heavy (non-hydrogen) atoms. The number of fused-ring (bicyclic) bond motifs is 6. The molecule has 0 spiro atoms. The van der Waals surface area contributed by atoms with Crippen molar-refractivity contribution in [2.24, 2.45) is 0 Å². The van der Waals surface area contributed by atoms with E-state index in [4.69, 9.17) is 0 Å². The topological polar surface area (TPSA) is 29.9 Å². The van der Waals surface area contributed by atoms with Gasteiger partial charge in [-0.15, -0.1) is 11.1 Å². The van der Waals surface area contributed by atoms with Crippen molar-refractivity contribution in [1.82, 2.24) is 14.2 Å². The maximum absolute atomic E-state index is 4.64. The van der Waals surface area contributed by atoms with E-state index in [0.29, 0.717) is 11.8 Å². The first-order chi connectivity index (χ1) is 23.6. The van der Waals surface area contributed by atoms with E-state index >= 15 is 0 Å². The fraction of sp³-hybridized carbons (Fsp3) is 0.256. The van der Waals surface area contributed by atoms with Crippen LogP contribution in [0.5, 0.6) is 0 Å². The fourth-order valence-electron chi connectivity index (χ4n) is 7.19. The average molecular weight is 834 g/mol. The Morgan fingerprint density at radius 2 is 1.46 bits per heavy atom. The monoisotopic (exact) mass is 834 g/mol. The molecule has 8 rings (SSSR count). The molecule has 0 radical (unpaired) electrons. The number of pyridine rings is 1. The summed E-state index contributed by atoms with van der Waals surface area (Å²) in [4.78, 5) is 7.01. The summed E-state index contributed by atoms with van der Waals surface area (Å²) in [6.45, 7) is 15.9. The van der Waals surface area contributed by atoms with Gasteiger partial charge in [0.1, 0.15) is 5.82 Å². The number of hydrogen-bond acceptors (Lipinski definition) is 2. The molecule has 252 valence electrons. The van der Waals surface area contributed by atoms with Crippen LogP contribution in [0.25, 0.3) is 33.3 Å². The minimum absolute atomic E-state index is 0. The second-order valence-corrected chi connectivity index (χ2v) is 14.6. The van der Waals surface area contributed by atoms with Crippen molar-refractivity contribution in [1.29, 1.82) is 0 Å². The van der Waals surface area contributed by atoms with Crippen LogP contribution in [0.2, 0.25) is 0 Å². The van der Waals surface area contributed by atoms with Crippen LogP contribution in [0, 0.1) is 18.3 Å². The predicted octanol–water partition coefficient (Wildman–Crippen LogP) is 8.58. The minimum atomic E-state index is 0. The SMILES string of the molecule is CC(C)(C)c1ccnc(-n2c3[c-]cccc3c3ccccc32)c1.CC(C)c1cccc(C(C)C)c1B1N(C)c2ccc[c-]c2-n2[c-]cc[n+]21.[Ir+3]. The van der Waals surface area contributed by atoms with E-state index in [1.807, 2.05) is 30.5 Å². The number of hydrogen-bond donors (Lipinski definition) is 0. The van der Waals surface area contributed by atoms with Crippen LogP contribution in [0.1, 0.15) is 77.0 Å². The van der Waals surface area contributed by atoms with Gasteiger partial charge in [0, 0.05) is 17.2 Å². The van der Waals surface area contributed by atoms with E-state index in [1.54, 1.807) is 0 Å². The van der Waals surface area contributed by atoms with Crippen LogP contribution in [-0.4, -0.2) is 28.3 Å². The van der Waals surface area contributed by atoms with Gasteiger partial charge in [-0.05, 0) is 70.8 Å². The first kappa shape index (κ1) is 35.4. The number of anilines is 1. The molecule has 0 bridgehead atoms. The Bertz CT molecular complexity index is 2200. The first-order valence-electron chi connectivity index (χ1n) is 17.3. The van der Waals surface area contributed by atoms with Gasteiger partial charge >= 0.3 is 27.1 Å². The standard InChI is InChI=1S/C22H25BN3.C21H19N2.Ir/c1-16(2)18-10-8-11-19(17(3)4)22(18)23-24(5)20-12-6-7-13-21(20)25-14-9-15-26(23)25;1-21(2,3)15-12-13-22-20(14-15)23-18-10-6-4-8-16(18)17-9-5-7-11-19(17)23;/h6-12,15-17H,1-5H3;4-10,12-14H,1-3H3;/q2*-1;+3. The van der Waals surface area contributed by atoms with Gasteiger partial charge in [0.25, 0.3) is 0 Å². The van der Waals surface area contributed by atoms with Gasteiger partial charge in [0.2, 0.25) is 0 Å². The molecule has 1 aliphatic heterocycles. The van der Waals surface area contributed by atoms with E-state index in [1.165, 1.54) is 44.1 Å². The zero-order chi connectivity index (χ0) is 34.4. The Balaban J connectivity index is 0.000000171. The molecular formula is C43H44BIrN5+. The van der Waals surface area contributed by atoms with Crippen LogP contribution in [0.15, 0.2) is 109 Å². The summed E-state index contributed by atoms with van der Waals surface area (Å²) in [7, 11) is 2.18. The summed E-state index contributed by atoms with van der Waals surface area (Å²) in [6.07, 6.45) is 7.37. The van der Waals surface area contributed by atoms with Crippen molar-refractivity contribution in [2.45, 2.75) is 65.7 Å². The van der Waals surface area contributed by atoms with Gasteiger partial charge in [0.05, 0.1) is 6.20 Å². The quantitative estimate of drug-likeness (QED) is 0.132. The zero-order valence-electron chi connectivity index (χ0n) is 30.2. The molecule has 3 aromatic heterocycles. The van der Waals surface area contributed by atoms with Gasteiger partial charge in [0.15, 0.2) is 0 Å². The number of benzene rings is 4. The number of para-hydroxylation sites is 3. The van der Waals surface area contributed by atoms with Gasteiger partial charge in [-0.2, -0.15) is 42.5 Å². The van der Waals surface area contributed by atoms with Crippen LogP contribution < -0.4 is 14.9 Å². The Morgan fingerprint density at radius 3 is 2.18 bits per heavy atom. The predicted molar refractivity (Wildman–Crippen MR) is 204 cm³/mol. The Labute approximate surface area is 311 Å². The summed E-state index contributed by atoms with van der Waals surface area (Å²) >= 11 is 0. The van der Waals surface area contributed by atoms with Gasteiger partial charge in [-0.25, -0.2) is 15.6 Å². The Morgan fingerprint density at radius 1 is 0.780 bits per heavy atom. The van der Waals surface area contributed by atoms with E-state index in [2.05, 4.69) is 176 Å². The van der Waals surface area contributed by atoms with E-state index in [-0.39, 0.29) is 32.5 Å². The molecule has 0 saturated carbocycles. The van der Waals surface area contributed by atoms with E-state index in [9.17, 15) is 0 Å². The number of rotatable bonds is 4. The van der Waals surface area contributed by atoms with E-state index in [0.717, 1.165) is 17.0 Å². The summed E-state index contributed by atoms with van der Waals surface area (Å²) < 4.78 is 6.58. The van der Waals surface area contributed by atoms with Crippen LogP contribution in [0.3, 0.4) is 0 Å². The van der Waals surface area contributed by atoms with Crippen LogP contribution in [-0.2, 0) is 25.5 Å². The molecule has 0 amide bonds. The molecule has 4 heterocycles. The normalized spacial score (nSPS) is 12.5. The number of aromatic nitrogens is 4. The van der Waals surface area contributed by atoms with Crippen LogP contribution in [0.4, 0.5) is 5.69 Å². The zero-order valence-corrected chi connectivity index (χ0v) is 32.6. The van der Waals surface area contributed by atoms with Crippen LogP contribution >= 0.6 is 0 Å². The molecule has 0 atom stereocenters. The smallest absolute Gasteiger partial charge is 0.411 e. The fourth-order valence-corrected chi connectivity index (χ4v) is 7.19. The minimum Gasteiger partial charge on any atom is -0.411 e. The second-order valence-electron chi connectivity index (χ2n) is 14.6. The molecule has 7 aromatic rings. The van der Waals surface area contributed by atoms with Gasteiger partial charge in [-0.1, -0.05) is 102 Å². The molecule has 5 nitrogen and oxygen atoms in total. The molecule has 1 aliphatic rings. The van der Waals surface area contributed by atoms with Crippen molar-refractivity contribution >= 4 is 39.9 Å². The molecule has 7 heteroatoms. The van der Waals surface area contributed by atoms with Gasteiger partial charge < -0.3 is 9.38 Å². The molecule has 4 aromatic carbocycles. The van der Waals surface area contributed by atoms with E-state index < -0.39 is 0 Å². The van der Waals surface area contributed by atoms with Crippen molar-refractivity contribution in [2.75, 3.05) is 11.9 Å². The summed E-state index contributed by atoms with van der Waals surface area (Å²) in [5, 5.41) is 2.45. The average Bonchev–Trinajstić information content (AvgIpc) is 3.72. The first-order valence-corrected chi connectivity index (χ1v) is 17.3. The Hall–Kier alpha value is -4.45. The third-order valence-electron chi connectivity index (χ3n) is 9.69. The summed E-state index contributed by atoms with van der Waals surface area (Å²) in [5.74, 6) is 1.88.